The Morgan fingerprint density at radius 2 is 1.74 bits per heavy atom. The molecule has 0 radical (unpaired) electrons. The highest BCUT2D eigenvalue weighted by Crippen LogP contribution is 2.35. The summed E-state index contributed by atoms with van der Waals surface area (Å²) in [6.45, 7) is 0.270. The van der Waals surface area contributed by atoms with Crippen LogP contribution in [0.2, 0.25) is 0 Å². The lowest BCUT2D eigenvalue weighted by molar-refractivity contribution is 0.0686. The summed E-state index contributed by atoms with van der Waals surface area (Å²) < 4.78 is 41.6. The van der Waals surface area contributed by atoms with Crippen molar-refractivity contribution in [2.75, 3.05) is 18.1 Å². The number of fused-ring (bicyclic) bond motifs is 1. The van der Waals surface area contributed by atoms with E-state index >= 15 is 0 Å². The normalized spacial score (nSPS) is 16.2. The van der Waals surface area contributed by atoms with Crippen molar-refractivity contribution in [3.63, 3.8) is 0 Å². The molecule has 1 atom stereocenters. The molecule has 0 fully saturated rings. The van der Waals surface area contributed by atoms with Crippen molar-refractivity contribution in [1.82, 2.24) is 10.2 Å². The van der Waals surface area contributed by atoms with E-state index in [1.54, 1.807) is 30.3 Å². The number of thioether (sulfide) groups is 1. The van der Waals surface area contributed by atoms with Crippen LogP contribution in [0, 0.1) is 0 Å². The molecular weight excluding hydrogens is 388 g/mol. The van der Waals surface area contributed by atoms with Crippen LogP contribution in [0.25, 0.3) is 0 Å². The number of hydrogen-bond donors (Lipinski definition) is 0. The van der Waals surface area contributed by atoms with Crippen molar-refractivity contribution in [2.24, 2.45) is 0 Å². The second kappa shape index (κ2) is 7.61. The third-order valence-corrected chi connectivity index (χ3v) is 6.70. The maximum absolute atomic E-state index is 12.3. The third-order valence-electron chi connectivity index (χ3n) is 3.89. The van der Waals surface area contributed by atoms with Gasteiger partial charge in [0.1, 0.15) is 6.61 Å². The first-order valence-electron chi connectivity index (χ1n) is 8.24. The van der Waals surface area contributed by atoms with Gasteiger partial charge in [0, 0.05) is 5.75 Å². The number of rotatable bonds is 6. The van der Waals surface area contributed by atoms with Crippen molar-refractivity contribution < 1.29 is 22.3 Å². The molecule has 1 aliphatic heterocycles. The van der Waals surface area contributed by atoms with E-state index in [-0.39, 0.29) is 12.4 Å². The Morgan fingerprint density at radius 3 is 2.56 bits per heavy atom. The zero-order valence-electron chi connectivity index (χ0n) is 14.1. The summed E-state index contributed by atoms with van der Waals surface area (Å²) in [5.41, 5.74) is 0. The maximum atomic E-state index is 12.3. The molecule has 2 heterocycles. The quantitative estimate of drug-likeness (QED) is 0.579. The lowest BCUT2D eigenvalue weighted by atomic mass is 10.2. The fourth-order valence-corrected chi connectivity index (χ4v) is 4.97. The molecule has 0 saturated carbocycles. The number of sulfone groups is 1. The van der Waals surface area contributed by atoms with Crippen LogP contribution in [0.4, 0.5) is 0 Å². The van der Waals surface area contributed by atoms with Gasteiger partial charge < -0.3 is 13.9 Å². The number of benzene rings is 2. The number of aromatic nitrogens is 2. The Balaban J connectivity index is 1.35. The largest absolute Gasteiger partial charge is 0.485 e. The van der Waals surface area contributed by atoms with Crippen LogP contribution in [-0.2, 0) is 9.84 Å². The Kier molecular flexibility index (Phi) is 5.04. The first-order chi connectivity index (χ1) is 13.1. The Labute approximate surface area is 160 Å². The molecule has 0 saturated heterocycles. The predicted molar refractivity (Wildman–Crippen MR) is 98.8 cm³/mol. The van der Waals surface area contributed by atoms with Gasteiger partial charge in [0.25, 0.3) is 11.1 Å². The maximum Gasteiger partial charge on any atom is 0.276 e. The van der Waals surface area contributed by atoms with Gasteiger partial charge in [0.2, 0.25) is 6.10 Å². The number of ether oxygens (including phenoxy) is 2. The summed E-state index contributed by atoms with van der Waals surface area (Å²) in [6, 6.07) is 15.7. The zero-order chi connectivity index (χ0) is 18.7. The van der Waals surface area contributed by atoms with E-state index in [1.807, 2.05) is 24.3 Å². The van der Waals surface area contributed by atoms with Gasteiger partial charge in [-0.3, -0.25) is 0 Å². The molecule has 3 aromatic rings. The first kappa shape index (κ1) is 17.9. The predicted octanol–water partition coefficient (Wildman–Crippen LogP) is 3.15. The lowest BCUT2D eigenvalue weighted by Crippen LogP contribution is -2.21. The third kappa shape index (κ3) is 4.09. The molecule has 140 valence electrons. The number of nitrogens with zero attached hydrogens (tertiary/aromatic N) is 2. The smallest absolute Gasteiger partial charge is 0.276 e. The Hall–Kier alpha value is -2.52. The average Bonchev–Trinajstić information content (AvgIpc) is 3.17. The van der Waals surface area contributed by atoms with E-state index in [0.29, 0.717) is 33.3 Å². The molecule has 0 spiro atoms. The molecule has 4 rings (SSSR count). The summed E-state index contributed by atoms with van der Waals surface area (Å²) >= 11 is 1.20. The van der Waals surface area contributed by atoms with Crippen LogP contribution in [-0.4, -0.2) is 36.7 Å². The van der Waals surface area contributed by atoms with Gasteiger partial charge in [-0.2, -0.15) is 0 Å². The molecule has 1 aromatic heterocycles. The average molecular weight is 404 g/mol. The fourth-order valence-electron chi connectivity index (χ4n) is 2.53. The summed E-state index contributed by atoms with van der Waals surface area (Å²) in [7, 11) is -3.33. The molecule has 0 N–H and O–H groups in total. The van der Waals surface area contributed by atoms with Crippen LogP contribution < -0.4 is 9.47 Å². The van der Waals surface area contributed by atoms with Gasteiger partial charge in [-0.05, 0) is 24.3 Å². The van der Waals surface area contributed by atoms with E-state index in [9.17, 15) is 8.42 Å². The molecule has 0 amide bonds. The monoisotopic (exact) mass is 404 g/mol. The highest BCUT2D eigenvalue weighted by Gasteiger charge is 2.27. The van der Waals surface area contributed by atoms with Gasteiger partial charge >= 0.3 is 0 Å². The summed E-state index contributed by atoms with van der Waals surface area (Å²) in [4.78, 5) is 0.309. The highest BCUT2D eigenvalue weighted by atomic mass is 32.2. The minimum Gasteiger partial charge on any atom is -0.485 e. The number of hydrogen-bond acceptors (Lipinski definition) is 8. The molecule has 1 unspecified atom stereocenters. The Bertz CT molecular complexity index is 1020. The topological polar surface area (TPSA) is 91.5 Å². The standard InChI is InChI=1S/C18H16N2O5S2/c21-27(22,13-6-2-1-3-7-13)11-10-26-18-20-19-17(25-18)16-12-23-14-8-4-5-9-15(14)24-16/h1-9,16H,10-12H2. The van der Waals surface area contributed by atoms with Crippen molar-refractivity contribution in [2.45, 2.75) is 16.2 Å². The second-order valence-corrected chi connectivity index (χ2v) is 8.91. The van der Waals surface area contributed by atoms with Crippen molar-refractivity contribution in [3.05, 3.63) is 60.5 Å². The summed E-state index contributed by atoms with van der Waals surface area (Å²) in [5.74, 6) is 1.89. The highest BCUT2D eigenvalue weighted by molar-refractivity contribution is 8.00. The van der Waals surface area contributed by atoms with E-state index in [4.69, 9.17) is 13.9 Å². The van der Waals surface area contributed by atoms with Gasteiger partial charge in [-0.1, -0.05) is 42.1 Å². The van der Waals surface area contributed by atoms with Crippen molar-refractivity contribution >= 4 is 21.6 Å². The van der Waals surface area contributed by atoms with E-state index in [2.05, 4.69) is 10.2 Å². The van der Waals surface area contributed by atoms with Crippen molar-refractivity contribution in [1.29, 1.82) is 0 Å². The zero-order valence-corrected chi connectivity index (χ0v) is 15.8. The number of para-hydroxylation sites is 2. The molecule has 27 heavy (non-hydrogen) atoms. The van der Waals surface area contributed by atoms with Gasteiger partial charge in [0.05, 0.1) is 10.6 Å². The van der Waals surface area contributed by atoms with Gasteiger partial charge in [0.15, 0.2) is 21.3 Å². The summed E-state index contributed by atoms with van der Waals surface area (Å²) in [5, 5.41) is 8.25. The van der Waals surface area contributed by atoms with Crippen LogP contribution in [0.5, 0.6) is 11.5 Å². The fraction of sp³-hybridized carbons (Fsp3) is 0.222. The van der Waals surface area contributed by atoms with Gasteiger partial charge in [-0.15, -0.1) is 10.2 Å². The first-order valence-corrected chi connectivity index (χ1v) is 10.9. The molecule has 0 bridgehead atoms. The van der Waals surface area contributed by atoms with E-state index < -0.39 is 15.9 Å². The molecule has 0 aliphatic carbocycles. The minimum absolute atomic E-state index is 0.0180. The second-order valence-electron chi connectivity index (χ2n) is 5.75. The van der Waals surface area contributed by atoms with Crippen LogP contribution in [0.3, 0.4) is 0 Å². The van der Waals surface area contributed by atoms with Gasteiger partial charge in [-0.25, -0.2) is 8.42 Å². The molecular formula is C18H16N2O5S2. The van der Waals surface area contributed by atoms with Crippen molar-refractivity contribution in [3.8, 4) is 11.5 Å². The van der Waals surface area contributed by atoms with E-state index in [1.165, 1.54) is 11.8 Å². The molecule has 2 aromatic carbocycles. The molecule has 1 aliphatic rings. The lowest BCUT2D eigenvalue weighted by Gasteiger charge is -2.23. The minimum atomic E-state index is -3.33. The summed E-state index contributed by atoms with van der Waals surface area (Å²) in [6.07, 6.45) is -0.491. The Morgan fingerprint density at radius 1 is 1.00 bits per heavy atom. The van der Waals surface area contributed by atoms with Crippen LogP contribution in [0.15, 0.2) is 69.1 Å². The molecule has 9 heteroatoms. The van der Waals surface area contributed by atoms with Crippen LogP contribution in [0.1, 0.15) is 12.0 Å². The van der Waals surface area contributed by atoms with Crippen LogP contribution >= 0.6 is 11.8 Å². The van der Waals surface area contributed by atoms with E-state index in [0.717, 1.165) is 0 Å². The molecule has 7 nitrogen and oxygen atoms in total. The SMILES string of the molecule is O=S(=O)(CCSc1nnc(C2COc3ccccc3O2)o1)c1ccccc1.